The molecule has 2 atom stereocenters. The summed E-state index contributed by atoms with van der Waals surface area (Å²) in [6, 6.07) is 4.70. The Morgan fingerprint density at radius 3 is 2.71 bits per heavy atom. The second kappa shape index (κ2) is 7.65. The molecule has 134 valence electrons. The standard InChI is InChI=1S/C16H20F3NO3S/c1-10-5-12(15(21)22)9-20(7-10)8-11-3-4-13(23-2)14(6-11)24-16(17,18)19/h3-4,6,10,12H,5,7-9H2,1-2H3,(H,21,22). The van der Waals surface area contributed by atoms with Crippen molar-refractivity contribution >= 4 is 17.7 Å². The molecule has 1 aromatic rings. The number of benzene rings is 1. The van der Waals surface area contributed by atoms with Crippen LogP contribution < -0.4 is 4.74 Å². The number of carboxylic acid groups (broad SMARTS) is 1. The Hall–Kier alpha value is -1.41. The molecule has 2 unspecified atom stereocenters. The third-order valence-electron chi connectivity index (χ3n) is 3.94. The fraction of sp³-hybridized carbons (Fsp3) is 0.562. The molecule has 8 heteroatoms. The molecule has 1 aromatic carbocycles. The highest BCUT2D eigenvalue weighted by molar-refractivity contribution is 8.00. The Morgan fingerprint density at radius 1 is 1.42 bits per heavy atom. The van der Waals surface area contributed by atoms with Gasteiger partial charge in [-0.25, -0.2) is 0 Å². The van der Waals surface area contributed by atoms with E-state index in [1.54, 1.807) is 6.07 Å². The van der Waals surface area contributed by atoms with Crippen molar-refractivity contribution in [2.75, 3.05) is 20.2 Å². The molecular weight excluding hydrogens is 343 g/mol. The maximum atomic E-state index is 12.7. The Labute approximate surface area is 143 Å². The third kappa shape index (κ3) is 5.31. The smallest absolute Gasteiger partial charge is 0.446 e. The van der Waals surface area contributed by atoms with Crippen LogP contribution in [0.25, 0.3) is 0 Å². The summed E-state index contributed by atoms with van der Waals surface area (Å²) in [6.07, 6.45) is 0.629. The molecule has 1 fully saturated rings. The van der Waals surface area contributed by atoms with Gasteiger partial charge in [0.15, 0.2) is 0 Å². The molecule has 1 saturated heterocycles. The zero-order valence-corrected chi connectivity index (χ0v) is 14.3. The number of hydrogen-bond donors (Lipinski definition) is 1. The third-order valence-corrected chi connectivity index (χ3v) is 4.71. The average molecular weight is 363 g/mol. The normalized spacial score (nSPS) is 22.4. The molecule has 0 bridgehead atoms. The number of halogens is 3. The van der Waals surface area contributed by atoms with E-state index in [0.29, 0.717) is 25.1 Å². The summed E-state index contributed by atoms with van der Waals surface area (Å²) in [5.74, 6) is -0.843. The van der Waals surface area contributed by atoms with Crippen molar-refractivity contribution in [3.63, 3.8) is 0 Å². The van der Waals surface area contributed by atoms with Crippen LogP contribution in [0.1, 0.15) is 18.9 Å². The molecule has 0 saturated carbocycles. The van der Waals surface area contributed by atoms with Crippen LogP contribution in [0.4, 0.5) is 13.2 Å². The minimum absolute atomic E-state index is 0.0161. The van der Waals surface area contributed by atoms with E-state index in [2.05, 4.69) is 0 Å². The van der Waals surface area contributed by atoms with E-state index < -0.39 is 17.4 Å². The first-order chi connectivity index (χ1) is 11.2. The zero-order chi connectivity index (χ0) is 17.9. The molecule has 1 heterocycles. The Kier molecular flexibility index (Phi) is 6.03. The van der Waals surface area contributed by atoms with E-state index in [1.807, 2.05) is 11.8 Å². The summed E-state index contributed by atoms with van der Waals surface area (Å²) < 4.78 is 43.0. The summed E-state index contributed by atoms with van der Waals surface area (Å²) in [5, 5.41) is 9.21. The van der Waals surface area contributed by atoms with Gasteiger partial charge in [-0.15, -0.1) is 0 Å². The Morgan fingerprint density at radius 2 is 2.12 bits per heavy atom. The number of carboxylic acids is 1. The largest absolute Gasteiger partial charge is 0.496 e. The first-order valence-electron chi connectivity index (χ1n) is 7.55. The summed E-state index contributed by atoms with van der Waals surface area (Å²) >= 11 is -0.204. The number of thioether (sulfide) groups is 1. The van der Waals surface area contributed by atoms with Crippen LogP contribution in [-0.4, -0.2) is 41.7 Å². The highest BCUT2D eigenvalue weighted by Crippen LogP contribution is 2.42. The van der Waals surface area contributed by atoms with Crippen molar-refractivity contribution in [2.24, 2.45) is 11.8 Å². The molecule has 1 aliphatic rings. The molecule has 1 N–H and O–H groups in total. The predicted molar refractivity (Wildman–Crippen MR) is 85.1 cm³/mol. The topological polar surface area (TPSA) is 49.8 Å². The van der Waals surface area contributed by atoms with Crippen LogP contribution in [0.2, 0.25) is 0 Å². The summed E-state index contributed by atoms with van der Waals surface area (Å²) in [5.41, 5.74) is -3.68. The lowest BCUT2D eigenvalue weighted by Gasteiger charge is -2.34. The van der Waals surface area contributed by atoms with E-state index in [0.717, 1.165) is 6.54 Å². The highest BCUT2D eigenvalue weighted by Gasteiger charge is 2.32. The molecule has 0 spiro atoms. The van der Waals surface area contributed by atoms with Gasteiger partial charge in [0.25, 0.3) is 0 Å². The highest BCUT2D eigenvalue weighted by atomic mass is 32.2. The van der Waals surface area contributed by atoms with Gasteiger partial charge in [0, 0.05) is 19.6 Å². The minimum atomic E-state index is -4.39. The van der Waals surface area contributed by atoms with Crippen LogP contribution in [0, 0.1) is 11.8 Å². The molecule has 2 rings (SSSR count). The fourth-order valence-electron chi connectivity index (χ4n) is 3.05. The van der Waals surface area contributed by atoms with Gasteiger partial charge in [-0.1, -0.05) is 13.0 Å². The molecular formula is C16H20F3NO3S. The number of likely N-dealkylation sites (tertiary alicyclic amines) is 1. The lowest BCUT2D eigenvalue weighted by atomic mass is 9.90. The monoisotopic (exact) mass is 363 g/mol. The molecule has 4 nitrogen and oxygen atoms in total. The van der Waals surface area contributed by atoms with E-state index in [-0.39, 0.29) is 28.3 Å². The second-order valence-corrected chi connectivity index (χ2v) is 7.21. The van der Waals surface area contributed by atoms with Crippen LogP contribution in [0.3, 0.4) is 0 Å². The number of nitrogens with zero attached hydrogens (tertiary/aromatic N) is 1. The molecule has 1 aliphatic heterocycles. The van der Waals surface area contributed by atoms with Crippen LogP contribution in [0.15, 0.2) is 23.1 Å². The van der Waals surface area contributed by atoms with Crippen molar-refractivity contribution in [1.29, 1.82) is 0 Å². The number of hydrogen-bond acceptors (Lipinski definition) is 4. The second-order valence-electron chi connectivity index (χ2n) is 6.10. The van der Waals surface area contributed by atoms with Crippen molar-refractivity contribution in [3.8, 4) is 5.75 Å². The van der Waals surface area contributed by atoms with Gasteiger partial charge >= 0.3 is 11.5 Å². The lowest BCUT2D eigenvalue weighted by Crippen LogP contribution is -2.41. The number of piperidine rings is 1. The first kappa shape index (κ1) is 18.9. The molecule has 0 aromatic heterocycles. The van der Waals surface area contributed by atoms with Crippen LogP contribution in [-0.2, 0) is 11.3 Å². The average Bonchev–Trinajstić information content (AvgIpc) is 2.45. The van der Waals surface area contributed by atoms with Crippen molar-refractivity contribution in [1.82, 2.24) is 4.90 Å². The Balaban J connectivity index is 2.14. The minimum Gasteiger partial charge on any atom is -0.496 e. The number of alkyl halides is 3. The van der Waals surface area contributed by atoms with Gasteiger partial charge < -0.3 is 9.84 Å². The van der Waals surface area contributed by atoms with E-state index in [1.165, 1.54) is 19.2 Å². The molecule has 0 radical (unpaired) electrons. The number of aliphatic carboxylic acids is 1. The lowest BCUT2D eigenvalue weighted by molar-refractivity contribution is -0.144. The van der Waals surface area contributed by atoms with Gasteiger partial charge in [0.05, 0.1) is 17.9 Å². The Bertz CT molecular complexity index is 594. The van der Waals surface area contributed by atoms with Gasteiger partial charge in [-0.05, 0) is 41.8 Å². The van der Waals surface area contributed by atoms with E-state index in [4.69, 9.17) is 4.74 Å². The number of rotatable bonds is 5. The molecule has 24 heavy (non-hydrogen) atoms. The predicted octanol–water partition coefficient (Wildman–Crippen LogP) is 3.85. The summed E-state index contributed by atoms with van der Waals surface area (Å²) in [6.45, 7) is 3.55. The van der Waals surface area contributed by atoms with Crippen LogP contribution >= 0.6 is 11.8 Å². The fourth-order valence-corrected chi connectivity index (χ4v) is 3.76. The van der Waals surface area contributed by atoms with Crippen molar-refractivity contribution in [2.45, 2.75) is 30.3 Å². The molecule has 0 amide bonds. The van der Waals surface area contributed by atoms with Crippen LogP contribution in [0.5, 0.6) is 5.75 Å². The van der Waals surface area contributed by atoms with E-state index in [9.17, 15) is 23.1 Å². The number of methoxy groups -OCH3 is 1. The molecule has 0 aliphatic carbocycles. The van der Waals surface area contributed by atoms with Gasteiger partial charge in [-0.3, -0.25) is 9.69 Å². The summed E-state index contributed by atoms with van der Waals surface area (Å²) in [4.78, 5) is 13.2. The quantitative estimate of drug-likeness (QED) is 0.806. The maximum absolute atomic E-state index is 12.7. The number of carbonyl (C=O) groups is 1. The first-order valence-corrected chi connectivity index (χ1v) is 8.37. The van der Waals surface area contributed by atoms with Gasteiger partial charge in [0.2, 0.25) is 0 Å². The maximum Gasteiger partial charge on any atom is 0.446 e. The van der Waals surface area contributed by atoms with E-state index >= 15 is 0 Å². The van der Waals surface area contributed by atoms with Gasteiger partial charge in [0.1, 0.15) is 5.75 Å². The van der Waals surface area contributed by atoms with Crippen molar-refractivity contribution < 1.29 is 27.8 Å². The van der Waals surface area contributed by atoms with Gasteiger partial charge in [-0.2, -0.15) is 13.2 Å². The zero-order valence-electron chi connectivity index (χ0n) is 13.5. The van der Waals surface area contributed by atoms with Crippen molar-refractivity contribution in [3.05, 3.63) is 23.8 Å². The summed E-state index contributed by atoms with van der Waals surface area (Å²) in [7, 11) is 1.33. The number of ether oxygens (including phenoxy) is 1. The SMILES string of the molecule is COc1ccc(CN2CC(C)CC(C(=O)O)C2)cc1SC(F)(F)F.